The zero-order chi connectivity index (χ0) is 22.9. The summed E-state index contributed by atoms with van der Waals surface area (Å²) in [6.07, 6.45) is 2.06. The summed E-state index contributed by atoms with van der Waals surface area (Å²) in [7, 11) is 0. The van der Waals surface area contributed by atoms with E-state index >= 15 is 0 Å². The Morgan fingerprint density at radius 1 is 0.938 bits per heavy atom. The molecule has 0 aliphatic carbocycles. The summed E-state index contributed by atoms with van der Waals surface area (Å²) in [5.74, 6) is -0.163. The van der Waals surface area contributed by atoms with Crippen LogP contribution in [-0.4, -0.2) is 44.8 Å². The Bertz CT molecular complexity index is 1090. The van der Waals surface area contributed by atoms with Crippen molar-refractivity contribution in [3.05, 3.63) is 95.3 Å². The van der Waals surface area contributed by atoms with Gasteiger partial charge in [-0.1, -0.05) is 48.0 Å². The number of carbonyl (C=O) groups excluding carboxylic acids is 2. The number of rotatable bonds is 4. The van der Waals surface area contributed by atoms with Crippen molar-refractivity contribution in [2.45, 2.75) is 45.8 Å². The average molecular weight is 430 g/mol. The fourth-order valence-corrected chi connectivity index (χ4v) is 4.33. The molecule has 0 bridgehead atoms. The molecule has 32 heavy (non-hydrogen) atoms. The van der Waals surface area contributed by atoms with Crippen molar-refractivity contribution in [3.63, 3.8) is 0 Å². The summed E-state index contributed by atoms with van der Waals surface area (Å²) in [6.45, 7) is 9.32. The minimum absolute atomic E-state index is 0.0401. The number of amides is 2. The highest BCUT2D eigenvalue weighted by atomic mass is 16.2. The molecule has 1 aromatic heterocycles. The predicted molar refractivity (Wildman–Crippen MR) is 126 cm³/mol. The van der Waals surface area contributed by atoms with Gasteiger partial charge in [0.25, 0.3) is 5.91 Å². The van der Waals surface area contributed by atoms with Crippen LogP contribution in [0.4, 0.5) is 0 Å². The van der Waals surface area contributed by atoms with Crippen molar-refractivity contribution >= 4 is 11.8 Å². The first-order chi connectivity index (χ1) is 15.3. The molecule has 5 nitrogen and oxygen atoms in total. The van der Waals surface area contributed by atoms with Gasteiger partial charge in [0.05, 0.1) is 6.04 Å². The molecule has 0 saturated heterocycles. The van der Waals surface area contributed by atoms with Crippen molar-refractivity contribution in [1.82, 2.24) is 14.4 Å². The van der Waals surface area contributed by atoms with Gasteiger partial charge in [-0.05, 0) is 57.5 Å². The fourth-order valence-electron chi connectivity index (χ4n) is 4.33. The van der Waals surface area contributed by atoms with Crippen LogP contribution in [0.1, 0.15) is 54.0 Å². The number of carbonyl (C=O) groups is 2. The predicted octanol–water partition coefficient (Wildman–Crippen LogP) is 4.67. The Balaban J connectivity index is 1.64. The standard InChI is InChI=1S/C27H31N3O2/c1-20-12-14-22(15-13-20)26(32)30(27(2,3)4)19-24(31)29-18-17-28-16-8-11-23(28)25(29)21-9-6-5-7-10-21/h5-16,25H,17-19H2,1-4H3/t25-/m1/s1. The van der Waals surface area contributed by atoms with E-state index in [0.717, 1.165) is 23.4 Å². The summed E-state index contributed by atoms with van der Waals surface area (Å²) in [5.41, 5.74) is 3.39. The van der Waals surface area contributed by atoms with Gasteiger partial charge in [-0.25, -0.2) is 0 Å². The van der Waals surface area contributed by atoms with Gasteiger partial charge in [0.2, 0.25) is 5.91 Å². The zero-order valence-corrected chi connectivity index (χ0v) is 19.3. The van der Waals surface area contributed by atoms with E-state index in [2.05, 4.69) is 29.0 Å². The lowest BCUT2D eigenvalue weighted by Crippen LogP contribution is -2.53. The highest BCUT2D eigenvalue weighted by Crippen LogP contribution is 2.33. The van der Waals surface area contributed by atoms with Gasteiger partial charge >= 0.3 is 0 Å². The fraction of sp³-hybridized carbons (Fsp3) is 0.333. The van der Waals surface area contributed by atoms with E-state index in [-0.39, 0.29) is 24.4 Å². The molecule has 0 fully saturated rings. The molecule has 5 heteroatoms. The molecule has 0 unspecified atom stereocenters. The van der Waals surface area contributed by atoms with Crippen LogP contribution in [0.3, 0.4) is 0 Å². The van der Waals surface area contributed by atoms with E-state index < -0.39 is 5.54 Å². The van der Waals surface area contributed by atoms with Gasteiger partial charge in [-0.3, -0.25) is 9.59 Å². The van der Waals surface area contributed by atoms with Gasteiger partial charge in [0.15, 0.2) is 0 Å². The van der Waals surface area contributed by atoms with Crippen molar-refractivity contribution in [1.29, 1.82) is 0 Å². The second-order valence-electron chi connectivity index (χ2n) is 9.45. The average Bonchev–Trinajstić information content (AvgIpc) is 3.25. The summed E-state index contributed by atoms with van der Waals surface area (Å²) in [6, 6.07) is 21.6. The first-order valence-corrected chi connectivity index (χ1v) is 11.1. The van der Waals surface area contributed by atoms with Crippen LogP contribution in [0.15, 0.2) is 72.9 Å². The molecule has 0 spiro atoms. The van der Waals surface area contributed by atoms with Crippen LogP contribution in [0, 0.1) is 6.92 Å². The highest BCUT2D eigenvalue weighted by Gasteiger charge is 2.36. The third-order valence-corrected chi connectivity index (χ3v) is 6.12. The molecule has 1 atom stereocenters. The van der Waals surface area contributed by atoms with Crippen LogP contribution in [0.2, 0.25) is 0 Å². The summed E-state index contributed by atoms with van der Waals surface area (Å²) in [4.78, 5) is 30.7. The molecular formula is C27H31N3O2. The topological polar surface area (TPSA) is 45.6 Å². The maximum Gasteiger partial charge on any atom is 0.254 e. The summed E-state index contributed by atoms with van der Waals surface area (Å²) < 4.78 is 2.21. The largest absolute Gasteiger partial charge is 0.348 e. The number of fused-ring (bicyclic) bond motifs is 1. The van der Waals surface area contributed by atoms with Crippen molar-refractivity contribution < 1.29 is 9.59 Å². The van der Waals surface area contributed by atoms with E-state index in [9.17, 15) is 9.59 Å². The molecular weight excluding hydrogens is 398 g/mol. The van der Waals surface area contributed by atoms with E-state index in [0.29, 0.717) is 12.1 Å². The SMILES string of the molecule is Cc1ccc(C(=O)N(CC(=O)N2CCn3cccc3[C@H]2c2ccccc2)C(C)(C)C)cc1. The van der Waals surface area contributed by atoms with Crippen LogP contribution in [0.5, 0.6) is 0 Å². The molecule has 1 aliphatic rings. The maximum absolute atomic E-state index is 13.7. The van der Waals surface area contributed by atoms with Crippen LogP contribution in [-0.2, 0) is 11.3 Å². The minimum atomic E-state index is -0.490. The molecule has 0 N–H and O–H groups in total. The van der Waals surface area contributed by atoms with Gasteiger partial charge in [-0.15, -0.1) is 0 Å². The zero-order valence-electron chi connectivity index (χ0n) is 19.3. The van der Waals surface area contributed by atoms with E-state index in [1.165, 1.54) is 0 Å². The number of aryl methyl sites for hydroxylation is 1. The second-order valence-corrected chi connectivity index (χ2v) is 9.45. The van der Waals surface area contributed by atoms with Crippen LogP contribution >= 0.6 is 0 Å². The Kier molecular flexibility index (Phi) is 5.92. The van der Waals surface area contributed by atoms with Crippen molar-refractivity contribution in [2.75, 3.05) is 13.1 Å². The smallest absolute Gasteiger partial charge is 0.254 e. The molecule has 166 valence electrons. The Hall–Kier alpha value is -3.34. The molecule has 2 amide bonds. The van der Waals surface area contributed by atoms with E-state index in [1.807, 2.05) is 81.1 Å². The van der Waals surface area contributed by atoms with Gasteiger partial charge in [-0.2, -0.15) is 0 Å². The normalized spacial score (nSPS) is 15.9. The lowest BCUT2D eigenvalue weighted by atomic mass is 9.99. The number of aromatic nitrogens is 1. The second kappa shape index (κ2) is 8.65. The lowest BCUT2D eigenvalue weighted by molar-refractivity contribution is -0.135. The Labute approximate surface area is 190 Å². The van der Waals surface area contributed by atoms with Gasteiger partial charge in [0.1, 0.15) is 6.54 Å². The quantitative estimate of drug-likeness (QED) is 0.605. The minimum Gasteiger partial charge on any atom is -0.348 e. The molecule has 2 aromatic carbocycles. The molecule has 4 rings (SSSR count). The molecule has 2 heterocycles. The van der Waals surface area contributed by atoms with Gasteiger partial charge in [0, 0.05) is 36.1 Å². The van der Waals surface area contributed by atoms with Crippen molar-refractivity contribution in [2.24, 2.45) is 0 Å². The first-order valence-electron chi connectivity index (χ1n) is 11.1. The van der Waals surface area contributed by atoms with E-state index in [4.69, 9.17) is 0 Å². The molecule has 1 aliphatic heterocycles. The van der Waals surface area contributed by atoms with Gasteiger partial charge < -0.3 is 14.4 Å². The number of benzene rings is 2. The first kappa shape index (κ1) is 21.9. The summed E-state index contributed by atoms with van der Waals surface area (Å²) in [5, 5.41) is 0. The Morgan fingerprint density at radius 2 is 1.62 bits per heavy atom. The van der Waals surface area contributed by atoms with E-state index in [1.54, 1.807) is 4.90 Å². The van der Waals surface area contributed by atoms with Crippen molar-refractivity contribution in [3.8, 4) is 0 Å². The monoisotopic (exact) mass is 429 g/mol. The number of nitrogens with zero attached hydrogens (tertiary/aromatic N) is 3. The van der Waals surface area contributed by atoms with Crippen LogP contribution < -0.4 is 0 Å². The number of hydrogen-bond donors (Lipinski definition) is 0. The molecule has 0 radical (unpaired) electrons. The number of hydrogen-bond acceptors (Lipinski definition) is 2. The molecule has 0 saturated carbocycles. The Morgan fingerprint density at radius 3 is 2.28 bits per heavy atom. The third kappa shape index (κ3) is 4.33. The maximum atomic E-state index is 13.7. The third-order valence-electron chi connectivity index (χ3n) is 6.12. The molecule has 3 aromatic rings. The van der Waals surface area contributed by atoms with Crippen LogP contribution in [0.25, 0.3) is 0 Å². The lowest BCUT2D eigenvalue weighted by Gasteiger charge is -2.41. The summed E-state index contributed by atoms with van der Waals surface area (Å²) >= 11 is 0. The highest BCUT2D eigenvalue weighted by molar-refractivity contribution is 5.97.